The fraction of sp³-hybridized carbons (Fsp3) is 0.700. The molecule has 1 amide bonds. The van der Waals surface area contributed by atoms with Crippen molar-refractivity contribution in [3.63, 3.8) is 0 Å². The molecule has 5 nitrogen and oxygen atoms in total. The summed E-state index contributed by atoms with van der Waals surface area (Å²) in [5.41, 5.74) is 0.743. The van der Waals surface area contributed by atoms with Crippen molar-refractivity contribution in [2.75, 3.05) is 18.5 Å². The van der Waals surface area contributed by atoms with Crippen LogP contribution in [-0.4, -0.2) is 41.2 Å². The smallest absolute Gasteiger partial charge is 0.416 e. The molecule has 3 rings (SSSR count). The maximum atomic E-state index is 12.7. The Balaban J connectivity index is 1.78. The van der Waals surface area contributed by atoms with Crippen LogP contribution in [0.1, 0.15) is 70.9 Å². The predicted octanol–water partition coefficient (Wildman–Crippen LogP) is 4.53. The highest BCUT2D eigenvalue weighted by Crippen LogP contribution is 2.33. The van der Waals surface area contributed by atoms with Crippen LogP contribution in [0.3, 0.4) is 0 Å². The number of rotatable bonds is 3. The van der Waals surface area contributed by atoms with Crippen LogP contribution in [0.5, 0.6) is 0 Å². The lowest BCUT2D eigenvalue weighted by Gasteiger charge is -2.37. The van der Waals surface area contributed by atoms with E-state index in [1.807, 2.05) is 33.0 Å². The number of amides is 1. The van der Waals surface area contributed by atoms with Crippen molar-refractivity contribution in [1.29, 1.82) is 0 Å². The molecule has 1 aliphatic carbocycles. The lowest BCUT2D eigenvalue weighted by Crippen LogP contribution is -2.47. The highest BCUT2D eigenvalue weighted by Gasteiger charge is 2.34. The first kappa shape index (κ1) is 18.2. The summed E-state index contributed by atoms with van der Waals surface area (Å²) < 4.78 is 5.61. The van der Waals surface area contributed by atoms with Crippen LogP contribution in [0.25, 0.3) is 0 Å². The van der Waals surface area contributed by atoms with E-state index in [1.165, 1.54) is 24.8 Å². The molecule has 0 N–H and O–H groups in total. The van der Waals surface area contributed by atoms with E-state index in [2.05, 4.69) is 23.0 Å². The molecule has 1 aromatic rings. The van der Waals surface area contributed by atoms with E-state index in [0.29, 0.717) is 11.9 Å². The maximum Gasteiger partial charge on any atom is 0.416 e. The van der Waals surface area contributed by atoms with Gasteiger partial charge in [-0.3, -0.25) is 9.80 Å². The Morgan fingerprint density at radius 3 is 2.48 bits per heavy atom. The molecule has 1 aromatic heterocycles. The summed E-state index contributed by atoms with van der Waals surface area (Å²) in [6, 6.07) is 4.77. The molecule has 1 saturated carbocycles. The fourth-order valence-corrected chi connectivity index (χ4v) is 3.62. The minimum Gasteiger partial charge on any atom is -0.443 e. The summed E-state index contributed by atoms with van der Waals surface area (Å²) in [4.78, 5) is 21.5. The van der Waals surface area contributed by atoms with Gasteiger partial charge < -0.3 is 4.74 Å². The third-order valence-corrected chi connectivity index (χ3v) is 5.20. The molecule has 1 saturated heterocycles. The Bertz CT molecular complexity index is 590. The van der Waals surface area contributed by atoms with Gasteiger partial charge in [0.25, 0.3) is 0 Å². The molecule has 0 bridgehead atoms. The Labute approximate surface area is 151 Å². The minimum atomic E-state index is -0.496. The van der Waals surface area contributed by atoms with Crippen molar-refractivity contribution in [3.8, 4) is 0 Å². The molecular weight excluding hydrogens is 314 g/mol. The zero-order valence-corrected chi connectivity index (χ0v) is 16.0. The predicted molar refractivity (Wildman–Crippen MR) is 99.8 cm³/mol. The summed E-state index contributed by atoms with van der Waals surface area (Å²) in [5, 5.41) is 0. The van der Waals surface area contributed by atoms with E-state index in [0.717, 1.165) is 25.8 Å². The van der Waals surface area contributed by atoms with Gasteiger partial charge in [0.15, 0.2) is 0 Å². The van der Waals surface area contributed by atoms with Crippen LogP contribution in [-0.2, 0) is 4.74 Å². The second-order valence-corrected chi connectivity index (χ2v) is 8.38. The number of carbonyl (C=O) groups excluding carboxylic acids is 1. The van der Waals surface area contributed by atoms with Crippen molar-refractivity contribution in [2.24, 2.45) is 0 Å². The number of likely N-dealkylation sites (tertiary alicyclic amines) is 1. The largest absolute Gasteiger partial charge is 0.443 e. The summed E-state index contributed by atoms with van der Waals surface area (Å²) in [5.74, 6) is 0.709. The zero-order valence-electron chi connectivity index (χ0n) is 16.0. The average molecular weight is 345 g/mol. The molecule has 1 aliphatic heterocycles. The molecule has 2 heterocycles. The first-order chi connectivity index (χ1) is 11.8. The topological polar surface area (TPSA) is 45.7 Å². The summed E-state index contributed by atoms with van der Waals surface area (Å²) >= 11 is 0. The highest BCUT2D eigenvalue weighted by molar-refractivity contribution is 5.87. The maximum absolute atomic E-state index is 12.7. The van der Waals surface area contributed by atoms with Crippen molar-refractivity contribution >= 4 is 11.9 Å². The zero-order chi connectivity index (χ0) is 18.0. The summed E-state index contributed by atoms with van der Waals surface area (Å²) in [6.45, 7) is 6.84. The van der Waals surface area contributed by atoms with Crippen LogP contribution in [0.4, 0.5) is 10.6 Å². The number of aromatic nitrogens is 1. The second-order valence-electron chi connectivity index (χ2n) is 8.38. The van der Waals surface area contributed by atoms with Crippen molar-refractivity contribution in [2.45, 2.75) is 77.0 Å². The monoisotopic (exact) mass is 345 g/mol. The number of hydrogen-bond donors (Lipinski definition) is 0. The van der Waals surface area contributed by atoms with E-state index in [-0.39, 0.29) is 12.1 Å². The van der Waals surface area contributed by atoms with Crippen LogP contribution in [0.2, 0.25) is 0 Å². The number of pyridine rings is 1. The molecule has 2 fully saturated rings. The molecule has 0 unspecified atom stereocenters. The van der Waals surface area contributed by atoms with Gasteiger partial charge in [-0.05, 0) is 78.1 Å². The number of ether oxygens (including phenoxy) is 1. The van der Waals surface area contributed by atoms with Gasteiger partial charge in [-0.1, -0.05) is 12.5 Å². The van der Waals surface area contributed by atoms with E-state index in [9.17, 15) is 4.79 Å². The SMILES string of the molecule is CN1CCCC[C@@H]1c1ccc(N(C(=O)OC(C)(C)C)C2CCC2)nc1. The van der Waals surface area contributed by atoms with E-state index in [1.54, 1.807) is 4.90 Å². The average Bonchev–Trinajstić information content (AvgIpc) is 2.50. The molecule has 138 valence electrons. The molecule has 5 heteroatoms. The number of nitrogens with zero attached hydrogens (tertiary/aromatic N) is 3. The minimum absolute atomic E-state index is 0.213. The fourth-order valence-electron chi connectivity index (χ4n) is 3.62. The van der Waals surface area contributed by atoms with Gasteiger partial charge in [0.1, 0.15) is 11.4 Å². The second kappa shape index (κ2) is 7.32. The number of carbonyl (C=O) groups is 1. The molecule has 25 heavy (non-hydrogen) atoms. The molecule has 2 aliphatic rings. The Morgan fingerprint density at radius 1 is 1.20 bits per heavy atom. The van der Waals surface area contributed by atoms with Crippen molar-refractivity contribution in [3.05, 3.63) is 23.9 Å². The van der Waals surface area contributed by atoms with E-state index in [4.69, 9.17) is 4.74 Å². The number of anilines is 1. The first-order valence-electron chi connectivity index (χ1n) is 9.53. The van der Waals surface area contributed by atoms with E-state index < -0.39 is 5.60 Å². The van der Waals surface area contributed by atoms with E-state index >= 15 is 0 Å². The molecule has 0 spiro atoms. The third-order valence-electron chi connectivity index (χ3n) is 5.20. The lowest BCUT2D eigenvalue weighted by molar-refractivity contribution is 0.0548. The molecular formula is C20H31N3O2. The van der Waals surface area contributed by atoms with Gasteiger partial charge >= 0.3 is 6.09 Å². The normalized spacial score (nSPS) is 22.3. The van der Waals surface area contributed by atoms with Crippen LogP contribution in [0, 0.1) is 0 Å². The standard InChI is InChI=1S/C20H31N3O2/c1-20(2,3)25-19(24)23(16-8-7-9-16)18-12-11-15(14-21-18)17-10-5-6-13-22(17)4/h11-12,14,16-17H,5-10,13H2,1-4H3/t17-/m1/s1. The van der Waals surface area contributed by atoms with Gasteiger partial charge in [0.05, 0.1) is 0 Å². The third kappa shape index (κ3) is 4.32. The van der Waals surface area contributed by atoms with Gasteiger partial charge in [-0.2, -0.15) is 0 Å². The quantitative estimate of drug-likeness (QED) is 0.807. The molecule has 1 atom stereocenters. The number of hydrogen-bond acceptors (Lipinski definition) is 4. The summed E-state index contributed by atoms with van der Waals surface area (Å²) in [7, 11) is 2.18. The molecule has 0 radical (unpaired) electrons. The van der Waals surface area contributed by atoms with Gasteiger partial charge in [-0.25, -0.2) is 9.78 Å². The van der Waals surface area contributed by atoms with Gasteiger partial charge in [-0.15, -0.1) is 0 Å². The highest BCUT2D eigenvalue weighted by atomic mass is 16.6. The molecule has 0 aromatic carbocycles. The summed E-state index contributed by atoms with van der Waals surface area (Å²) in [6.07, 6.45) is 8.58. The first-order valence-corrected chi connectivity index (χ1v) is 9.53. The van der Waals surface area contributed by atoms with Crippen molar-refractivity contribution in [1.82, 2.24) is 9.88 Å². The Hall–Kier alpha value is -1.62. The Morgan fingerprint density at radius 2 is 1.96 bits per heavy atom. The Kier molecular flexibility index (Phi) is 5.32. The lowest BCUT2D eigenvalue weighted by atomic mass is 9.91. The van der Waals surface area contributed by atoms with Crippen LogP contribution >= 0.6 is 0 Å². The van der Waals surface area contributed by atoms with Gasteiger partial charge in [0.2, 0.25) is 0 Å². The van der Waals surface area contributed by atoms with Crippen molar-refractivity contribution < 1.29 is 9.53 Å². The van der Waals surface area contributed by atoms with Crippen LogP contribution < -0.4 is 4.90 Å². The number of piperidine rings is 1. The van der Waals surface area contributed by atoms with Crippen LogP contribution in [0.15, 0.2) is 18.3 Å². The van der Waals surface area contributed by atoms with Gasteiger partial charge in [0, 0.05) is 18.3 Å².